The Balaban J connectivity index is 0.000000390. The molecule has 0 aromatic heterocycles. The molecule has 0 amide bonds. The molecular formula is C67H103ClO. The van der Waals surface area contributed by atoms with Gasteiger partial charge in [-0.15, -0.1) is 0 Å². The average molecular weight is 960 g/mol. The van der Waals surface area contributed by atoms with Crippen LogP contribution >= 0.6 is 11.6 Å². The second kappa shape index (κ2) is 31.5. The van der Waals surface area contributed by atoms with Crippen molar-refractivity contribution in [2.24, 2.45) is 21.7 Å². The molecule has 4 aliphatic carbocycles. The van der Waals surface area contributed by atoms with E-state index >= 15 is 0 Å². The zero-order chi connectivity index (χ0) is 52.4. The van der Waals surface area contributed by atoms with Crippen LogP contribution in [0, 0.1) is 97.8 Å². The molecular weight excluding hydrogens is 856 g/mol. The molecule has 4 aliphatic rings. The number of rotatable bonds is 0. The van der Waals surface area contributed by atoms with Gasteiger partial charge in [0.15, 0.2) is 0 Å². The van der Waals surface area contributed by atoms with E-state index in [1.807, 2.05) is 39.0 Å². The molecule has 1 N–H and O–H groups in total. The fourth-order valence-electron chi connectivity index (χ4n) is 7.78. The standard InChI is InChI=1S/C9H12.C8H9Cl.C8H10O.C8H10.C8H16.C8H10.C7H14.C6H12.C5H10/c1-7-5-4-6-8(2)9(7)3;1-6-4-3-5-8(9)7(6)2;1-6-3-4-8(9)5-7(6)2;1-7-4-3-5-8(2)6-7;1-8(2)6-4-3-5-7-8;1-7-5-3-4-6-8(7)2;1-7(2)5-3-4-6-7;1-6(2)4-3-5-6;1-5(2)3-4-5/h4-6H,1-3H3;3-5H,1-2H3;3-5,9H,1-2H3;3-6H,1-2H3;3-7H2,1-2H3;3-6H,1-2H3;3-6H2,1-2H3;3-5H2,1-2H3;3-4H2,1-2H3. The second-order valence-electron chi connectivity index (χ2n) is 24.0. The van der Waals surface area contributed by atoms with E-state index < -0.39 is 0 Å². The van der Waals surface area contributed by atoms with Gasteiger partial charge in [0.1, 0.15) is 5.75 Å². The molecule has 0 bridgehead atoms. The molecule has 69 heavy (non-hydrogen) atoms. The van der Waals surface area contributed by atoms with Gasteiger partial charge in [0.2, 0.25) is 0 Å². The fraction of sp³-hybridized carbons (Fsp3) is 0.552. The highest BCUT2D eigenvalue weighted by atomic mass is 35.5. The Morgan fingerprint density at radius 3 is 0.870 bits per heavy atom. The molecule has 0 radical (unpaired) electrons. The Kier molecular flexibility index (Phi) is 28.9. The minimum Gasteiger partial charge on any atom is -0.508 e. The predicted molar refractivity (Wildman–Crippen MR) is 311 cm³/mol. The predicted octanol–water partition coefficient (Wildman–Crippen LogP) is 21.8. The van der Waals surface area contributed by atoms with E-state index in [0.29, 0.717) is 16.6 Å². The van der Waals surface area contributed by atoms with Gasteiger partial charge in [0, 0.05) is 5.02 Å². The summed E-state index contributed by atoms with van der Waals surface area (Å²) >= 11 is 5.81. The largest absolute Gasteiger partial charge is 0.508 e. The van der Waals surface area contributed by atoms with Crippen molar-refractivity contribution in [1.82, 2.24) is 0 Å². The number of benzene rings is 5. The summed E-state index contributed by atoms with van der Waals surface area (Å²) in [6, 6.07) is 34.5. The Bertz CT molecular complexity index is 2030. The third-order valence-electron chi connectivity index (χ3n) is 14.6. The summed E-state index contributed by atoms with van der Waals surface area (Å²) in [5, 5.41) is 9.79. The van der Waals surface area contributed by atoms with Crippen LogP contribution in [0.15, 0.2) is 103 Å². The molecule has 4 saturated carbocycles. The van der Waals surface area contributed by atoms with E-state index in [-0.39, 0.29) is 0 Å². The number of phenols is 1. The van der Waals surface area contributed by atoms with E-state index in [0.717, 1.165) is 21.4 Å². The maximum absolute atomic E-state index is 8.94. The molecule has 0 aliphatic heterocycles. The lowest BCUT2D eigenvalue weighted by molar-refractivity contribution is 0.190. The van der Waals surface area contributed by atoms with Gasteiger partial charge in [-0.3, -0.25) is 0 Å². The molecule has 0 unspecified atom stereocenters. The normalized spacial score (nSPS) is 16.7. The number of halogens is 1. The maximum atomic E-state index is 8.94. The van der Waals surface area contributed by atoms with Crippen LogP contribution in [-0.4, -0.2) is 5.11 Å². The second-order valence-corrected chi connectivity index (χ2v) is 24.4. The smallest absolute Gasteiger partial charge is 0.115 e. The van der Waals surface area contributed by atoms with Crippen molar-refractivity contribution in [3.63, 3.8) is 0 Å². The van der Waals surface area contributed by atoms with Crippen LogP contribution < -0.4 is 0 Å². The molecule has 5 aromatic rings. The highest BCUT2D eigenvalue weighted by Crippen LogP contribution is 2.43. The number of aromatic hydroxyl groups is 1. The van der Waals surface area contributed by atoms with Gasteiger partial charge in [-0.2, -0.15) is 0 Å². The summed E-state index contributed by atoms with van der Waals surface area (Å²) in [5.41, 5.74) is 17.2. The number of hydrogen-bond acceptors (Lipinski definition) is 1. The molecule has 2 heteroatoms. The molecule has 1 nitrogen and oxygen atoms in total. The van der Waals surface area contributed by atoms with E-state index in [1.165, 1.54) is 146 Å². The van der Waals surface area contributed by atoms with Crippen molar-refractivity contribution in [1.29, 1.82) is 0 Å². The molecule has 0 atom stereocenters. The van der Waals surface area contributed by atoms with Crippen LogP contribution in [0.3, 0.4) is 0 Å². The van der Waals surface area contributed by atoms with Crippen molar-refractivity contribution in [3.05, 3.63) is 169 Å². The third-order valence-corrected chi connectivity index (χ3v) is 15.0. The summed E-state index contributed by atoms with van der Waals surface area (Å²) in [6.07, 6.45) is 20.4. The van der Waals surface area contributed by atoms with Gasteiger partial charge in [0.25, 0.3) is 0 Å². The van der Waals surface area contributed by atoms with Crippen molar-refractivity contribution < 1.29 is 5.11 Å². The summed E-state index contributed by atoms with van der Waals surface area (Å²) < 4.78 is 0. The highest BCUT2D eigenvalue weighted by molar-refractivity contribution is 6.31. The number of aryl methyl sites for hydroxylation is 9. The summed E-state index contributed by atoms with van der Waals surface area (Å²) in [5.74, 6) is 0.345. The minimum atomic E-state index is 0.345. The van der Waals surface area contributed by atoms with Crippen LogP contribution in [0.5, 0.6) is 5.75 Å². The lowest BCUT2D eigenvalue weighted by Crippen LogP contribution is -2.20. The molecule has 384 valence electrons. The van der Waals surface area contributed by atoms with Gasteiger partial charge in [-0.05, 0) is 217 Å². The first-order valence-electron chi connectivity index (χ1n) is 26.6. The Morgan fingerprint density at radius 1 is 0.319 bits per heavy atom. The van der Waals surface area contributed by atoms with E-state index in [9.17, 15) is 0 Å². The van der Waals surface area contributed by atoms with Crippen molar-refractivity contribution >= 4 is 11.6 Å². The molecule has 5 aromatic carbocycles. The van der Waals surface area contributed by atoms with Gasteiger partial charge >= 0.3 is 0 Å². The zero-order valence-electron chi connectivity index (χ0n) is 48.0. The summed E-state index contributed by atoms with van der Waals surface area (Å²) in [7, 11) is 0. The Morgan fingerprint density at radius 2 is 0.638 bits per heavy atom. The summed E-state index contributed by atoms with van der Waals surface area (Å²) in [6.45, 7) is 41.7. The minimum absolute atomic E-state index is 0.345. The van der Waals surface area contributed by atoms with Gasteiger partial charge in [0.05, 0.1) is 0 Å². The van der Waals surface area contributed by atoms with E-state index in [1.54, 1.807) is 12.1 Å². The van der Waals surface area contributed by atoms with Gasteiger partial charge < -0.3 is 5.11 Å². The summed E-state index contributed by atoms with van der Waals surface area (Å²) in [4.78, 5) is 0. The van der Waals surface area contributed by atoms with Crippen LogP contribution in [0.1, 0.15) is 206 Å². The first-order valence-corrected chi connectivity index (χ1v) is 27.0. The van der Waals surface area contributed by atoms with Crippen LogP contribution in [0.2, 0.25) is 5.02 Å². The monoisotopic (exact) mass is 959 g/mol. The first kappa shape index (κ1) is 63.2. The third kappa shape index (κ3) is 30.5. The zero-order valence-corrected chi connectivity index (χ0v) is 48.8. The average Bonchev–Trinajstić information content (AvgIpc) is 3.81. The van der Waals surface area contributed by atoms with Crippen LogP contribution in [0.4, 0.5) is 0 Å². The maximum Gasteiger partial charge on any atom is 0.115 e. The number of hydrogen-bond donors (Lipinski definition) is 1. The quantitative estimate of drug-likeness (QED) is 0.164. The Labute approximate surface area is 432 Å². The van der Waals surface area contributed by atoms with Crippen molar-refractivity contribution in [3.8, 4) is 5.75 Å². The molecule has 4 fully saturated rings. The number of phenolic OH excluding ortho intramolecular Hbond substituents is 1. The van der Waals surface area contributed by atoms with Crippen LogP contribution in [-0.2, 0) is 0 Å². The van der Waals surface area contributed by atoms with Crippen molar-refractivity contribution in [2.45, 2.75) is 221 Å². The fourth-order valence-corrected chi connectivity index (χ4v) is 8.01. The Hall–Kier alpha value is -3.81. The van der Waals surface area contributed by atoms with Crippen LogP contribution in [0.25, 0.3) is 0 Å². The van der Waals surface area contributed by atoms with E-state index in [2.05, 4.69) is 184 Å². The first-order chi connectivity index (χ1) is 32.0. The molecule has 9 rings (SSSR count). The van der Waals surface area contributed by atoms with Gasteiger partial charge in [-0.25, -0.2) is 0 Å². The molecule has 0 saturated heterocycles. The molecule has 0 heterocycles. The SMILES string of the molecule is CC1(C)CC1.CC1(C)CCC1.CC1(C)CCCC1.CC1(C)CCCCC1.Cc1ccc(O)cc1C.Cc1cccc(C)c1.Cc1cccc(C)c1C.Cc1cccc(Cl)c1C.Cc1ccccc1C. The van der Waals surface area contributed by atoms with E-state index in [4.69, 9.17) is 16.7 Å². The lowest BCUT2D eigenvalue weighted by atomic mass is 9.72. The molecule has 0 spiro atoms. The van der Waals surface area contributed by atoms with Crippen molar-refractivity contribution in [2.75, 3.05) is 0 Å². The topological polar surface area (TPSA) is 20.2 Å². The van der Waals surface area contributed by atoms with Gasteiger partial charge in [-0.1, -0.05) is 202 Å². The highest BCUT2D eigenvalue weighted by Gasteiger charge is 2.30. The lowest BCUT2D eigenvalue weighted by Gasteiger charge is -2.33.